The van der Waals surface area contributed by atoms with Crippen molar-refractivity contribution < 1.29 is 9.57 Å². The number of hydrogen-bond acceptors (Lipinski definition) is 3. The number of nitrogens with one attached hydrogen (secondary N) is 1. The van der Waals surface area contributed by atoms with Gasteiger partial charge in [-0.15, -0.1) is 0 Å². The third-order valence-corrected chi connectivity index (χ3v) is 2.14. The highest BCUT2D eigenvalue weighted by atomic mass is 79.9. The Morgan fingerprint density at radius 2 is 2.15 bits per heavy atom. The molecule has 0 fully saturated rings. The zero-order valence-corrected chi connectivity index (χ0v) is 9.22. The topological polar surface area (TPSA) is 30.5 Å². The van der Waals surface area contributed by atoms with E-state index in [4.69, 9.17) is 9.57 Å². The molecule has 0 amide bonds. The van der Waals surface area contributed by atoms with Gasteiger partial charge in [0.15, 0.2) is 0 Å². The summed E-state index contributed by atoms with van der Waals surface area (Å²) >= 11 is 3.39. The molecule has 3 nitrogen and oxygen atoms in total. The van der Waals surface area contributed by atoms with Crippen LogP contribution in [0.15, 0.2) is 22.7 Å². The molecule has 72 valence electrons. The van der Waals surface area contributed by atoms with Gasteiger partial charge in [0.2, 0.25) is 0 Å². The largest absolute Gasteiger partial charge is 0.496 e. The lowest BCUT2D eigenvalue weighted by Gasteiger charge is -2.08. The number of benzene rings is 1. The summed E-state index contributed by atoms with van der Waals surface area (Å²) in [5.41, 5.74) is 3.82. The minimum Gasteiger partial charge on any atom is -0.496 e. The summed E-state index contributed by atoms with van der Waals surface area (Å²) < 4.78 is 6.21. The summed E-state index contributed by atoms with van der Waals surface area (Å²) in [6.45, 7) is 0.624. The Bertz CT molecular complexity index is 278. The average Bonchev–Trinajstić information content (AvgIpc) is 2.15. The fourth-order valence-electron chi connectivity index (χ4n) is 1.04. The molecular formula is C9H12BrNO2. The third kappa shape index (κ3) is 2.99. The van der Waals surface area contributed by atoms with Crippen molar-refractivity contribution >= 4 is 15.9 Å². The summed E-state index contributed by atoms with van der Waals surface area (Å²) in [7, 11) is 3.24. The number of rotatable bonds is 4. The van der Waals surface area contributed by atoms with Crippen molar-refractivity contribution in [2.75, 3.05) is 14.2 Å². The zero-order valence-electron chi connectivity index (χ0n) is 7.63. The van der Waals surface area contributed by atoms with E-state index in [1.54, 1.807) is 14.2 Å². The Morgan fingerprint density at radius 3 is 2.77 bits per heavy atom. The molecule has 0 saturated heterocycles. The molecule has 0 aliphatic carbocycles. The predicted octanol–water partition coefficient (Wildman–Crippen LogP) is 2.11. The van der Waals surface area contributed by atoms with Gasteiger partial charge in [-0.3, -0.25) is 0 Å². The molecular weight excluding hydrogens is 234 g/mol. The normalized spacial score (nSPS) is 10.1. The zero-order chi connectivity index (χ0) is 9.68. The van der Waals surface area contributed by atoms with E-state index in [0.29, 0.717) is 6.54 Å². The van der Waals surface area contributed by atoms with Gasteiger partial charge in [-0.05, 0) is 18.2 Å². The lowest BCUT2D eigenvalue weighted by Crippen LogP contribution is -2.11. The highest BCUT2D eigenvalue weighted by Crippen LogP contribution is 2.22. The molecule has 0 aliphatic rings. The van der Waals surface area contributed by atoms with Crippen molar-refractivity contribution in [3.05, 3.63) is 28.2 Å². The van der Waals surface area contributed by atoms with E-state index in [2.05, 4.69) is 21.4 Å². The van der Waals surface area contributed by atoms with E-state index in [-0.39, 0.29) is 0 Å². The molecule has 0 atom stereocenters. The molecule has 1 rings (SSSR count). The Labute approximate surface area is 86.1 Å². The second-order valence-electron chi connectivity index (χ2n) is 2.48. The predicted molar refractivity (Wildman–Crippen MR) is 54.5 cm³/mol. The molecule has 4 heteroatoms. The Hall–Kier alpha value is -0.580. The van der Waals surface area contributed by atoms with Crippen molar-refractivity contribution in [2.24, 2.45) is 0 Å². The minimum absolute atomic E-state index is 0.624. The van der Waals surface area contributed by atoms with Crippen molar-refractivity contribution in [1.29, 1.82) is 0 Å². The second kappa shape index (κ2) is 5.21. The lowest BCUT2D eigenvalue weighted by molar-refractivity contribution is 0.0861. The van der Waals surface area contributed by atoms with E-state index >= 15 is 0 Å². The number of halogens is 1. The van der Waals surface area contributed by atoms with Crippen LogP contribution in [0.4, 0.5) is 0 Å². The van der Waals surface area contributed by atoms with Crippen LogP contribution in [0.5, 0.6) is 5.75 Å². The van der Waals surface area contributed by atoms with Crippen LogP contribution in [0.2, 0.25) is 0 Å². The lowest BCUT2D eigenvalue weighted by atomic mass is 10.2. The number of hydroxylamine groups is 1. The maximum Gasteiger partial charge on any atom is 0.123 e. The molecule has 0 radical (unpaired) electrons. The first kappa shape index (κ1) is 10.5. The molecule has 1 aromatic carbocycles. The number of hydrogen-bond donors (Lipinski definition) is 1. The Balaban J connectivity index is 2.81. The maximum atomic E-state index is 5.18. The molecule has 1 aromatic rings. The molecule has 1 N–H and O–H groups in total. The van der Waals surface area contributed by atoms with Crippen molar-refractivity contribution in [1.82, 2.24) is 5.48 Å². The summed E-state index contributed by atoms with van der Waals surface area (Å²) in [6, 6.07) is 5.84. The maximum absolute atomic E-state index is 5.18. The van der Waals surface area contributed by atoms with Gasteiger partial charge in [0, 0.05) is 16.6 Å². The Kier molecular flexibility index (Phi) is 4.21. The van der Waals surface area contributed by atoms with Crippen LogP contribution in [0, 0.1) is 0 Å². The van der Waals surface area contributed by atoms with E-state index in [1.807, 2.05) is 18.2 Å². The molecule has 13 heavy (non-hydrogen) atoms. The first-order valence-electron chi connectivity index (χ1n) is 3.86. The highest BCUT2D eigenvalue weighted by Gasteiger charge is 2.02. The van der Waals surface area contributed by atoms with Crippen LogP contribution in [-0.2, 0) is 11.4 Å². The molecule has 0 bridgehead atoms. The van der Waals surface area contributed by atoms with Crippen LogP contribution in [0.25, 0.3) is 0 Å². The van der Waals surface area contributed by atoms with Gasteiger partial charge in [-0.2, -0.15) is 5.48 Å². The molecule has 0 heterocycles. The monoisotopic (exact) mass is 245 g/mol. The summed E-state index contributed by atoms with van der Waals surface area (Å²) in [5.74, 6) is 0.854. The first-order chi connectivity index (χ1) is 6.27. The second-order valence-corrected chi connectivity index (χ2v) is 3.40. The van der Waals surface area contributed by atoms with Crippen molar-refractivity contribution in [3.8, 4) is 5.75 Å². The number of methoxy groups -OCH3 is 1. The fourth-order valence-corrected chi connectivity index (χ4v) is 1.44. The standard InChI is InChI=1S/C9H12BrNO2/c1-12-9-4-3-8(10)5-7(9)6-11-13-2/h3-5,11H,6H2,1-2H3. The Morgan fingerprint density at radius 1 is 1.38 bits per heavy atom. The number of ether oxygens (including phenoxy) is 1. The molecule has 0 saturated carbocycles. The van der Waals surface area contributed by atoms with Crippen LogP contribution in [0.3, 0.4) is 0 Å². The van der Waals surface area contributed by atoms with E-state index in [0.717, 1.165) is 15.8 Å². The van der Waals surface area contributed by atoms with E-state index in [1.165, 1.54) is 0 Å². The van der Waals surface area contributed by atoms with Crippen LogP contribution in [0.1, 0.15) is 5.56 Å². The fraction of sp³-hybridized carbons (Fsp3) is 0.333. The van der Waals surface area contributed by atoms with Gasteiger partial charge < -0.3 is 9.57 Å². The quantitative estimate of drug-likeness (QED) is 0.825. The van der Waals surface area contributed by atoms with E-state index in [9.17, 15) is 0 Å². The molecule has 0 spiro atoms. The van der Waals surface area contributed by atoms with Crippen molar-refractivity contribution in [2.45, 2.75) is 6.54 Å². The van der Waals surface area contributed by atoms with Gasteiger partial charge in [0.05, 0.1) is 14.2 Å². The first-order valence-corrected chi connectivity index (χ1v) is 4.65. The van der Waals surface area contributed by atoms with Crippen LogP contribution in [-0.4, -0.2) is 14.2 Å². The smallest absolute Gasteiger partial charge is 0.123 e. The average molecular weight is 246 g/mol. The van der Waals surface area contributed by atoms with Crippen LogP contribution >= 0.6 is 15.9 Å². The molecule has 0 aromatic heterocycles. The van der Waals surface area contributed by atoms with Gasteiger partial charge >= 0.3 is 0 Å². The molecule has 0 aliphatic heterocycles. The van der Waals surface area contributed by atoms with E-state index < -0.39 is 0 Å². The van der Waals surface area contributed by atoms with Crippen molar-refractivity contribution in [3.63, 3.8) is 0 Å². The minimum atomic E-state index is 0.624. The van der Waals surface area contributed by atoms with Gasteiger partial charge in [0.1, 0.15) is 5.75 Å². The molecule has 0 unspecified atom stereocenters. The SMILES string of the molecule is CONCc1cc(Br)ccc1OC. The van der Waals surface area contributed by atoms with Gasteiger partial charge in [-0.25, -0.2) is 0 Å². The summed E-state index contributed by atoms with van der Waals surface area (Å²) in [4.78, 5) is 4.76. The highest BCUT2D eigenvalue weighted by molar-refractivity contribution is 9.10. The summed E-state index contributed by atoms with van der Waals surface area (Å²) in [6.07, 6.45) is 0. The third-order valence-electron chi connectivity index (χ3n) is 1.65. The van der Waals surface area contributed by atoms with Crippen LogP contribution < -0.4 is 10.2 Å². The summed E-state index contributed by atoms with van der Waals surface area (Å²) in [5, 5.41) is 0. The van der Waals surface area contributed by atoms with Gasteiger partial charge in [0.25, 0.3) is 0 Å². The van der Waals surface area contributed by atoms with Gasteiger partial charge in [-0.1, -0.05) is 15.9 Å².